The first-order valence-electron chi connectivity index (χ1n) is 4.92. The van der Waals surface area contributed by atoms with Crippen molar-refractivity contribution < 1.29 is 0 Å². The Labute approximate surface area is 75.7 Å². The van der Waals surface area contributed by atoms with Crippen molar-refractivity contribution >= 4 is 0 Å². The molecule has 12 heavy (non-hydrogen) atoms. The molecule has 0 aromatic rings. The molecule has 0 aliphatic carbocycles. The van der Waals surface area contributed by atoms with Gasteiger partial charge in [-0.25, -0.2) is 0 Å². The lowest BCUT2D eigenvalue weighted by Gasteiger charge is -2.24. The number of nitrogens with zero attached hydrogens (tertiary/aromatic N) is 1. The van der Waals surface area contributed by atoms with Gasteiger partial charge < -0.3 is 0 Å². The Bertz CT molecular complexity index is 123. The molecule has 0 aromatic carbocycles. The highest BCUT2D eigenvalue weighted by Crippen LogP contribution is 2.25. The van der Waals surface area contributed by atoms with E-state index in [1.807, 2.05) is 0 Å². The number of hydrogen-bond donors (Lipinski definition) is 0. The van der Waals surface area contributed by atoms with Crippen molar-refractivity contribution in [3.8, 4) is 0 Å². The molecule has 0 aliphatic rings. The predicted octanol–water partition coefficient (Wildman–Crippen LogP) is 3.46. The summed E-state index contributed by atoms with van der Waals surface area (Å²) in [6, 6.07) is 0. The highest BCUT2D eigenvalue weighted by Gasteiger charge is 2.17. The largest absolute Gasteiger partial charge is 0.151 e. The Morgan fingerprint density at radius 1 is 1.25 bits per heavy atom. The molecule has 2 atom stereocenters. The predicted molar refractivity (Wildman–Crippen MR) is 53.1 cm³/mol. The fourth-order valence-corrected chi connectivity index (χ4v) is 1.60. The van der Waals surface area contributed by atoms with Crippen LogP contribution in [0.4, 0.5) is 0 Å². The fraction of sp³-hybridized carbons (Fsp3) is 1.00. The summed E-state index contributed by atoms with van der Waals surface area (Å²) in [7, 11) is 0. The SMILES string of the molecule is CC[C@@H](CCN=O)C(C)C(C)C. The third kappa shape index (κ3) is 3.84. The van der Waals surface area contributed by atoms with Gasteiger partial charge >= 0.3 is 0 Å². The normalized spacial score (nSPS) is 16.1. The van der Waals surface area contributed by atoms with Crippen molar-refractivity contribution in [1.29, 1.82) is 0 Å². The third-order valence-corrected chi connectivity index (χ3v) is 2.91. The maximum Gasteiger partial charge on any atom is 0.0813 e. The molecule has 2 nitrogen and oxygen atoms in total. The van der Waals surface area contributed by atoms with Crippen LogP contribution in [0.1, 0.15) is 40.5 Å². The van der Waals surface area contributed by atoms with E-state index >= 15 is 0 Å². The molecule has 0 saturated carbocycles. The molecule has 0 saturated heterocycles. The zero-order chi connectivity index (χ0) is 9.56. The summed E-state index contributed by atoms with van der Waals surface area (Å²) >= 11 is 0. The number of rotatable bonds is 6. The van der Waals surface area contributed by atoms with Gasteiger partial charge in [0.25, 0.3) is 0 Å². The first-order valence-corrected chi connectivity index (χ1v) is 4.92. The molecule has 0 N–H and O–H groups in total. The van der Waals surface area contributed by atoms with Crippen LogP contribution in [0.5, 0.6) is 0 Å². The van der Waals surface area contributed by atoms with Gasteiger partial charge in [0.1, 0.15) is 0 Å². The summed E-state index contributed by atoms with van der Waals surface area (Å²) < 4.78 is 0. The quantitative estimate of drug-likeness (QED) is 0.563. The first kappa shape index (κ1) is 11.6. The van der Waals surface area contributed by atoms with Crippen molar-refractivity contribution in [1.82, 2.24) is 0 Å². The molecule has 1 unspecified atom stereocenters. The van der Waals surface area contributed by atoms with Crippen LogP contribution in [0.3, 0.4) is 0 Å². The van der Waals surface area contributed by atoms with Gasteiger partial charge in [0.15, 0.2) is 0 Å². The van der Waals surface area contributed by atoms with Gasteiger partial charge in [-0.2, -0.15) is 4.91 Å². The summed E-state index contributed by atoms with van der Waals surface area (Å²) in [5, 5.41) is 2.92. The van der Waals surface area contributed by atoms with Crippen molar-refractivity contribution in [3.05, 3.63) is 4.91 Å². The lowest BCUT2D eigenvalue weighted by molar-refractivity contribution is 0.258. The van der Waals surface area contributed by atoms with E-state index in [2.05, 4.69) is 32.9 Å². The molecule has 0 rings (SSSR count). The van der Waals surface area contributed by atoms with Crippen LogP contribution >= 0.6 is 0 Å². The van der Waals surface area contributed by atoms with Crippen LogP contribution in [0, 0.1) is 22.7 Å². The number of nitroso groups, excluding NO2 is 1. The van der Waals surface area contributed by atoms with Gasteiger partial charge in [0.2, 0.25) is 0 Å². The maximum absolute atomic E-state index is 9.97. The molecule has 0 spiro atoms. The van der Waals surface area contributed by atoms with E-state index in [-0.39, 0.29) is 0 Å². The van der Waals surface area contributed by atoms with Gasteiger partial charge in [-0.3, -0.25) is 0 Å². The van der Waals surface area contributed by atoms with E-state index < -0.39 is 0 Å². The van der Waals surface area contributed by atoms with Gasteiger partial charge in [-0.1, -0.05) is 39.3 Å². The molecular weight excluding hydrogens is 150 g/mol. The van der Waals surface area contributed by atoms with Gasteiger partial charge in [-0.15, -0.1) is 0 Å². The van der Waals surface area contributed by atoms with Crippen molar-refractivity contribution in [3.63, 3.8) is 0 Å². The zero-order valence-corrected chi connectivity index (χ0v) is 8.71. The van der Waals surface area contributed by atoms with E-state index in [1.54, 1.807) is 0 Å². The second-order valence-corrected chi connectivity index (χ2v) is 3.91. The van der Waals surface area contributed by atoms with Crippen LogP contribution < -0.4 is 0 Å². The lowest BCUT2D eigenvalue weighted by atomic mass is 9.81. The molecular formula is C10H21NO. The summed E-state index contributed by atoms with van der Waals surface area (Å²) in [6.45, 7) is 9.41. The summed E-state index contributed by atoms with van der Waals surface area (Å²) in [6.07, 6.45) is 2.12. The molecule has 72 valence electrons. The third-order valence-electron chi connectivity index (χ3n) is 2.91. The first-order chi connectivity index (χ1) is 5.63. The van der Waals surface area contributed by atoms with Gasteiger partial charge in [0.05, 0.1) is 6.54 Å². The van der Waals surface area contributed by atoms with Crippen LogP contribution in [-0.4, -0.2) is 6.54 Å². The topological polar surface area (TPSA) is 29.4 Å². The molecule has 0 amide bonds. The Morgan fingerprint density at radius 2 is 1.83 bits per heavy atom. The highest BCUT2D eigenvalue weighted by atomic mass is 16.3. The van der Waals surface area contributed by atoms with Crippen molar-refractivity contribution in [2.24, 2.45) is 22.9 Å². The minimum atomic E-state index is 0.482. The van der Waals surface area contributed by atoms with Gasteiger partial charge in [0, 0.05) is 0 Å². The lowest BCUT2D eigenvalue weighted by Crippen LogP contribution is -2.17. The molecule has 0 radical (unpaired) electrons. The Kier molecular flexibility index (Phi) is 5.95. The van der Waals surface area contributed by atoms with E-state index in [0.717, 1.165) is 12.8 Å². The zero-order valence-electron chi connectivity index (χ0n) is 8.71. The monoisotopic (exact) mass is 171 g/mol. The molecule has 0 aliphatic heterocycles. The van der Waals surface area contributed by atoms with Gasteiger partial charge in [-0.05, 0) is 24.2 Å². The average molecular weight is 171 g/mol. The van der Waals surface area contributed by atoms with Crippen LogP contribution in [-0.2, 0) is 0 Å². The minimum absolute atomic E-state index is 0.482. The van der Waals surface area contributed by atoms with Crippen LogP contribution in [0.25, 0.3) is 0 Å². The molecule has 2 heteroatoms. The fourth-order valence-electron chi connectivity index (χ4n) is 1.60. The molecule has 0 bridgehead atoms. The molecule has 0 heterocycles. The van der Waals surface area contributed by atoms with E-state index in [0.29, 0.717) is 24.3 Å². The van der Waals surface area contributed by atoms with E-state index in [9.17, 15) is 4.91 Å². The molecule has 0 fully saturated rings. The highest BCUT2D eigenvalue weighted by molar-refractivity contribution is 4.68. The Hall–Kier alpha value is -0.400. The Balaban J connectivity index is 3.86. The second kappa shape index (κ2) is 6.15. The minimum Gasteiger partial charge on any atom is -0.151 e. The maximum atomic E-state index is 9.97. The standard InChI is InChI=1S/C10H21NO/c1-5-10(6-7-11-12)9(4)8(2)3/h8-10H,5-7H2,1-4H3/t9?,10-/m0/s1. The average Bonchev–Trinajstić information content (AvgIpc) is 2.05. The van der Waals surface area contributed by atoms with Crippen LogP contribution in [0.2, 0.25) is 0 Å². The second-order valence-electron chi connectivity index (χ2n) is 3.91. The smallest absolute Gasteiger partial charge is 0.0813 e. The Morgan fingerprint density at radius 3 is 2.17 bits per heavy atom. The summed E-state index contributed by atoms with van der Waals surface area (Å²) in [5.41, 5.74) is 0. The number of hydrogen-bond acceptors (Lipinski definition) is 2. The van der Waals surface area contributed by atoms with Crippen LogP contribution in [0.15, 0.2) is 5.18 Å². The van der Waals surface area contributed by atoms with E-state index in [4.69, 9.17) is 0 Å². The van der Waals surface area contributed by atoms with Crippen molar-refractivity contribution in [2.75, 3.05) is 6.54 Å². The van der Waals surface area contributed by atoms with E-state index in [1.165, 1.54) is 0 Å². The molecule has 0 aromatic heterocycles. The van der Waals surface area contributed by atoms with Crippen molar-refractivity contribution in [2.45, 2.75) is 40.5 Å². The summed E-state index contributed by atoms with van der Waals surface area (Å²) in [5.74, 6) is 2.08. The summed E-state index contributed by atoms with van der Waals surface area (Å²) in [4.78, 5) is 9.97.